The molecule has 5 nitrogen and oxygen atoms in total. The Balaban J connectivity index is 2.59. The second kappa shape index (κ2) is 4.37. The molecule has 1 aromatic rings. The molecule has 0 saturated carbocycles. The molecule has 1 aliphatic heterocycles. The summed E-state index contributed by atoms with van der Waals surface area (Å²) < 4.78 is 2.45. The normalized spacial score (nSPS) is 17.2. The van der Waals surface area contributed by atoms with Crippen molar-refractivity contribution in [3.63, 3.8) is 0 Å². The maximum absolute atomic E-state index is 11.5. The first-order valence-electron chi connectivity index (χ1n) is 5.57. The summed E-state index contributed by atoms with van der Waals surface area (Å²) in [5.41, 5.74) is 0.883. The molecule has 1 aliphatic rings. The quantitative estimate of drug-likeness (QED) is 0.441. The van der Waals surface area contributed by atoms with E-state index in [-0.39, 0.29) is 37.1 Å². The van der Waals surface area contributed by atoms with Gasteiger partial charge in [-0.1, -0.05) is 0 Å². The van der Waals surface area contributed by atoms with Crippen LogP contribution in [0.4, 0.5) is 5.69 Å². The molecule has 0 saturated heterocycles. The molecule has 18 heavy (non-hydrogen) atoms. The summed E-state index contributed by atoms with van der Waals surface area (Å²) in [6.45, 7) is 6.16. The van der Waals surface area contributed by atoms with Gasteiger partial charge in [-0.3, -0.25) is 0 Å². The van der Waals surface area contributed by atoms with Crippen molar-refractivity contribution >= 4 is 31.2 Å². The van der Waals surface area contributed by atoms with Gasteiger partial charge < -0.3 is 0 Å². The average Bonchev–Trinajstić information content (AvgIpc) is 2.27. The maximum atomic E-state index is 11.5. The van der Waals surface area contributed by atoms with Gasteiger partial charge in [-0.25, -0.2) is 0 Å². The van der Waals surface area contributed by atoms with Gasteiger partial charge in [0.25, 0.3) is 0 Å². The number of rotatable bonds is 1. The third kappa shape index (κ3) is 2.13. The zero-order valence-corrected chi connectivity index (χ0v) is 12.2. The average molecular weight is 313 g/mol. The third-order valence-corrected chi connectivity index (χ3v) is 5.57. The van der Waals surface area contributed by atoms with E-state index < -0.39 is 0 Å². The van der Waals surface area contributed by atoms with Crippen LogP contribution in [0.3, 0.4) is 0 Å². The molecular weight excluding hydrogens is 299 g/mol. The first-order chi connectivity index (χ1) is 8.33. The molecule has 0 radical (unpaired) electrons. The Kier molecular flexibility index (Phi) is 3.17. The van der Waals surface area contributed by atoms with Crippen LogP contribution >= 0.6 is 0 Å². The van der Waals surface area contributed by atoms with Gasteiger partial charge in [0.05, 0.1) is 0 Å². The predicted octanol–water partition coefficient (Wildman–Crippen LogP) is 0.979. The van der Waals surface area contributed by atoms with Gasteiger partial charge in [0.1, 0.15) is 0 Å². The van der Waals surface area contributed by atoms with Crippen LogP contribution in [-0.2, 0) is 10.2 Å². The van der Waals surface area contributed by atoms with Gasteiger partial charge in [0.2, 0.25) is 0 Å². The minimum atomic E-state index is -0.361. The Morgan fingerprint density at radius 2 is 2.17 bits per heavy atom. The molecule has 0 unspecified atom stereocenters. The van der Waals surface area contributed by atoms with E-state index in [2.05, 4.69) is 0 Å². The molecule has 96 valence electrons. The van der Waals surface area contributed by atoms with Crippen molar-refractivity contribution in [3.05, 3.63) is 33.9 Å². The van der Waals surface area contributed by atoms with Crippen LogP contribution in [0.1, 0.15) is 26.3 Å². The van der Waals surface area contributed by atoms with Crippen LogP contribution in [0.15, 0.2) is 18.2 Å². The molecule has 1 heterocycles. The summed E-state index contributed by atoms with van der Waals surface area (Å²) in [5.74, 6) is -0.0214. The first-order valence-corrected chi connectivity index (χ1v) is 7.19. The van der Waals surface area contributed by atoms with Crippen molar-refractivity contribution in [2.75, 3.05) is 6.54 Å². The number of amides is 1. The van der Waals surface area contributed by atoms with Crippen molar-refractivity contribution in [1.29, 1.82) is 0 Å². The Labute approximate surface area is 112 Å². The number of fused-ring (bicyclic) bond motifs is 1. The molecule has 0 N–H and O–H groups in total. The number of nitro groups is 1. The number of nitrogens with zero attached hydrogens (tertiary/aromatic N) is 2. The van der Waals surface area contributed by atoms with Gasteiger partial charge in [-0.05, 0) is 0 Å². The fourth-order valence-electron chi connectivity index (χ4n) is 2.06. The molecule has 6 heteroatoms. The molecule has 0 spiro atoms. The van der Waals surface area contributed by atoms with E-state index >= 15 is 0 Å². The van der Waals surface area contributed by atoms with Crippen LogP contribution in [0.25, 0.3) is 0 Å². The Bertz CT molecular complexity index is 528. The van der Waals surface area contributed by atoms with Crippen molar-refractivity contribution in [2.45, 2.75) is 26.2 Å². The summed E-state index contributed by atoms with van der Waals surface area (Å²) in [5, 5.41) is 11.1. The van der Waals surface area contributed by atoms with Crippen LogP contribution in [-0.4, -0.2) is 36.5 Å². The molecule has 0 bridgehead atoms. The van der Waals surface area contributed by atoms with Crippen molar-refractivity contribution in [3.8, 4) is 0 Å². The molecule has 1 amide bonds. The summed E-state index contributed by atoms with van der Waals surface area (Å²) in [6.07, 6.45) is 0. The molecule has 0 aromatic heterocycles. The zero-order chi connectivity index (χ0) is 13.5. The van der Waals surface area contributed by atoms with Crippen LogP contribution in [0.2, 0.25) is 0 Å². The standard InChI is InChI=1S/C12H14N2O3Se/c1-8(15)13-7-12(2,3)9-5-4-6-10(14(16)17)11(9)18-13/h4-6H,7H2,1-3H3. The topological polar surface area (TPSA) is 63.5 Å². The second-order valence-corrected chi connectivity index (χ2v) is 7.11. The van der Waals surface area contributed by atoms with Crippen molar-refractivity contribution in [1.82, 2.24) is 3.92 Å². The SMILES string of the molecule is CC(=O)N1CC(C)(C)c2cccc([N+](=O)[O-])c2[Se]1. The summed E-state index contributed by atoms with van der Waals surface area (Å²) in [7, 11) is 0. The molecule has 0 atom stereocenters. The molecule has 0 fully saturated rings. The Morgan fingerprint density at radius 3 is 2.72 bits per heavy atom. The number of hydrogen-bond acceptors (Lipinski definition) is 3. The number of carbonyl (C=O) groups excluding carboxylic acids is 1. The van der Waals surface area contributed by atoms with E-state index in [1.165, 1.54) is 13.0 Å². The van der Waals surface area contributed by atoms with Crippen LogP contribution in [0, 0.1) is 10.1 Å². The van der Waals surface area contributed by atoms with Gasteiger partial charge in [0, 0.05) is 0 Å². The first kappa shape index (κ1) is 13.1. The van der Waals surface area contributed by atoms with E-state index in [0.29, 0.717) is 6.54 Å². The number of hydrogen-bond donors (Lipinski definition) is 0. The van der Waals surface area contributed by atoms with Crippen molar-refractivity contribution < 1.29 is 9.72 Å². The van der Waals surface area contributed by atoms with E-state index in [4.69, 9.17) is 0 Å². The predicted molar refractivity (Wildman–Crippen MR) is 68.9 cm³/mol. The number of carbonyl (C=O) groups is 1. The Hall–Kier alpha value is -1.39. The van der Waals surface area contributed by atoms with Crippen LogP contribution < -0.4 is 4.46 Å². The Morgan fingerprint density at radius 1 is 1.50 bits per heavy atom. The zero-order valence-electron chi connectivity index (χ0n) is 10.5. The summed E-state index contributed by atoms with van der Waals surface area (Å²) in [4.78, 5) is 22.3. The van der Waals surface area contributed by atoms with E-state index in [9.17, 15) is 14.9 Å². The minimum absolute atomic E-state index is 0.0214. The van der Waals surface area contributed by atoms with Crippen LogP contribution in [0.5, 0.6) is 0 Å². The van der Waals surface area contributed by atoms with Gasteiger partial charge >= 0.3 is 111 Å². The third-order valence-electron chi connectivity index (χ3n) is 3.01. The van der Waals surface area contributed by atoms with Crippen molar-refractivity contribution in [2.24, 2.45) is 0 Å². The second-order valence-electron chi connectivity index (χ2n) is 4.94. The summed E-state index contributed by atoms with van der Waals surface area (Å²) >= 11 is -0.305. The van der Waals surface area contributed by atoms with E-state index in [1.54, 1.807) is 9.98 Å². The van der Waals surface area contributed by atoms with E-state index in [1.807, 2.05) is 19.9 Å². The fraction of sp³-hybridized carbons (Fsp3) is 0.417. The van der Waals surface area contributed by atoms with Gasteiger partial charge in [-0.2, -0.15) is 0 Å². The summed E-state index contributed by atoms with van der Waals surface area (Å²) in [6, 6.07) is 5.17. The number of nitro benzene ring substituents is 1. The molecule has 0 aliphatic carbocycles. The van der Waals surface area contributed by atoms with E-state index in [0.717, 1.165) is 10.0 Å². The number of benzene rings is 1. The molecular formula is C12H14N2O3Se. The monoisotopic (exact) mass is 314 g/mol. The molecule has 1 aromatic carbocycles. The van der Waals surface area contributed by atoms with Gasteiger partial charge in [0.15, 0.2) is 0 Å². The molecule has 2 rings (SSSR count). The fourth-order valence-corrected chi connectivity index (χ4v) is 5.03. The van der Waals surface area contributed by atoms with Gasteiger partial charge in [-0.15, -0.1) is 0 Å².